The molecular formula is C28H38BrN9O2. The first-order chi connectivity index (χ1) is 19.5. The van der Waals surface area contributed by atoms with Gasteiger partial charge in [0.2, 0.25) is 5.95 Å². The van der Waals surface area contributed by atoms with Crippen molar-refractivity contribution in [2.45, 2.75) is 88.4 Å². The quantitative estimate of drug-likeness (QED) is 0.276. The summed E-state index contributed by atoms with van der Waals surface area (Å²) in [5, 5.41) is 11.7. The van der Waals surface area contributed by atoms with Gasteiger partial charge in [0.1, 0.15) is 0 Å². The molecule has 12 heteroatoms. The van der Waals surface area contributed by atoms with E-state index in [9.17, 15) is 4.79 Å². The van der Waals surface area contributed by atoms with Crippen LogP contribution in [0.15, 0.2) is 35.1 Å². The minimum atomic E-state index is -0.483. The van der Waals surface area contributed by atoms with E-state index in [-0.39, 0.29) is 6.04 Å². The Morgan fingerprint density at radius 1 is 0.925 bits per heavy atom. The van der Waals surface area contributed by atoms with Crippen LogP contribution in [0.3, 0.4) is 0 Å². The Balaban J connectivity index is 1.11. The molecule has 3 heterocycles. The number of nitrogens with two attached hydrogens (primary N) is 1. The number of hydrogen-bond donors (Lipinski definition) is 4. The molecule has 6 rings (SSSR count). The van der Waals surface area contributed by atoms with Crippen molar-refractivity contribution in [3.05, 3.63) is 35.1 Å². The number of nitrogens with one attached hydrogen (secondary N) is 3. The highest BCUT2D eigenvalue weighted by Crippen LogP contribution is 2.34. The lowest BCUT2D eigenvalue weighted by molar-refractivity contribution is -0.106. The van der Waals surface area contributed by atoms with Crippen molar-refractivity contribution in [3.8, 4) is 0 Å². The summed E-state index contributed by atoms with van der Waals surface area (Å²) in [5.41, 5.74) is 8.53. The predicted molar refractivity (Wildman–Crippen MR) is 159 cm³/mol. The molecule has 1 amide bonds. The van der Waals surface area contributed by atoms with Crippen LogP contribution in [0.25, 0.3) is 11.2 Å². The maximum atomic E-state index is 12.4. The van der Waals surface area contributed by atoms with Gasteiger partial charge >= 0.3 is 6.09 Å². The van der Waals surface area contributed by atoms with Gasteiger partial charge in [0.25, 0.3) is 0 Å². The first kappa shape index (κ1) is 27.2. The minimum Gasteiger partial charge on any atom is -0.365 e. The van der Waals surface area contributed by atoms with Crippen molar-refractivity contribution < 1.29 is 9.63 Å². The van der Waals surface area contributed by atoms with E-state index in [2.05, 4.69) is 36.4 Å². The summed E-state index contributed by atoms with van der Waals surface area (Å²) in [4.78, 5) is 32.6. The number of halogens is 1. The second kappa shape index (κ2) is 12.3. The fourth-order valence-electron chi connectivity index (χ4n) is 6.05. The predicted octanol–water partition coefficient (Wildman–Crippen LogP) is 5.43. The molecule has 214 valence electrons. The number of hydroxylamine groups is 2. The van der Waals surface area contributed by atoms with Gasteiger partial charge in [-0.1, -0.05) is 28.8 Å². The number of amides is 1. The molecular weight excluding hydrogens is 574 g/mol. The van der Waals surface area contributed by atoms with E-state index >= 15 is 0 Å². The Morgan fingerprint density at radius 2 is 1.62 bits per heavy atom. The molecule has 40 heavy (non-hydrogen) atoms. The Bertz CT molecular complexity index is 1300. The zero-order valence-electron chi connectivity index (χ0n) is 22.7. The largest absolute Gasteiger partial charge is 0.430 e. The molecule has 0 unspecified atom stereocenters. The van der Waals surface area contributed by atoms with Gasteiger partial charge in [0.05, 0.1) is 6.33 Å². The Kier molecular flexibility index (Phi) is 8.35. The third kappa shape index (κ3) is 6.50. The summed E-state index contributed by atoms with van der Waals surface area (Å²) < 4.78 is 3.20. The van der Waals surface area contributed by atoms with Crippen LogP contribution in [0.5, 0.6) is 0 Å². The van der Waals surface area contributed by atoms with Gasteiger partial charge in [-0.05, 0) is 75.6 Å². The molecule has 0 spiro atoms. The number of imidazole rings is 1. The summed E-state index contributed by atoms with van der Waals surface area (Å²) in [6.45, 7) is 1.26. The number of fused-ring (bicyclic) bond motifs is 1. The van der Waals surface area contributed by atoms with E-state index in [0.29, 0.717) is 42.9 Å². The molecule has 0 radical (unpaired) electrons. The molecule has 1 saturated heterocycles. The number of carbonyl (C=O) groups excluding carboxylic acids is 1. The second-order valence-corrected chi connectivity index (χ2v) is 12.2. The van der Waals surface area contributed by atoms with Crippen LogP contribution in [0, 0.1) is 0 Å². The van der Waals surface area contributed by atoms with Gasteiger partial charge in [-0.2, -0.15) is 9.97 Å². The molecule has 3 fully saturated rings. The third-order valence-corrected chi connectivity index (χ3v) is 8.87. The lowest BCUT2D eigenvalue weighted by atomic mass is 9.92. The number of nitrogens with zero attached hydrogens (tertiary/aromatic N) is 5. The number of anilines is 3. The van der Waals surface area contributed by atoms with Gasteiger partial charge in [-0.3, -0.25) is 5.32 Å². The molecule has 11 nitrogen and oxygen atoms in total. The molecule has 2 aromatic heterocycles. The van der Waals surface area contributed by atoms with Crippen LogP contribution in [-0.4, -0.2) is 61.9 Å². The molecule has 0 atom stereocenters. The average Bonchev–Trinajstić information content (AvgIpc) is 3.63. The van der Waals surface area contributed by atoms with Crippen LogP contribution in [0.1, 0.15) is 70.3 Å². The maximum Gasteiger partial charge on any atom is 0.430 e. The molecule has 0 bridgehead atoms. The number of hydrogen-bond acceptors (Lipinski definition) is 9. The summed E-state index contributed by atoms with van der Waals surface area (Å²) in [6, 6.07) is 8.65. The van der Waals surface area contributed by atoms with Gasteiger partial charge < -0.3 is 25.8 Å². The Hall–Kier alpha value is -2.96. The van der Waals surface area contributed by atoms with Crippen molar-refractivity contribution in [1.82, 2.24) is 24.6 Å². The molecule has 1 aliphatic heterocycles. The van der Waals surface area contributed by atoms with Gasteiger partial charge in [0, 0.05) is 47.4 Å². The summed E-state index contributed by atoms with van der Waals surface area (Å²) in [5.74, 6) is 1.42. The maximum absolute atomic E-state index is 12.4. The van der Waals surface area contributed by atoms with Crippen molar-refractivity contribution in [3.63, 3.8) is 0 Å². The van der Waals surface area contributed by atoms with Crippen molar-refractivity contribution in [2.75, 3.05) is 29.0 Å². The summed E-state index contributed by atoms with van der Waals surface area (Å²) in [6.07, 6.45) is 12.0. The Labute approximate surface area is 242 Å². The second-order valence-electron chi connectivity index (χ2n) is 11.3. The number of benzene rings is 1. The van der Waals surface area contributed by atoms with E-state index < -0.39 is 6.09 Å². The fraction of sp³-hybridized carbons (Fsp3) is 0.571. The highest BCUT2D eigenvalue weighted by Gasteiger charge is 2.27. The van der Waals surface area contributed by atoms with E-state index in [1.807, 2.05) is 30.6 Å². The molecule has 1 aromatic carbocycles. The molecule has 2 saturated carbocycles. The van der Waals surface area contributed by atoms with Crippen LogP contribution in [0.2, 0.25) is 0 Å². The zero-order chi connectivity index (χ0) is 27.5. The van der Waals surface area contributed by atoms with E-state index in [1.54, 1.807) is 5.06 Å². The SMILES string of the molecule is N[C@H]1CC[C@H](Nc2nc(NC3CCN(OC(=O)Nc4ccc(Br)cc4)CC3)c3ncn(C4CCCC4)c3n2)CC1. The average molecular weight is 613 g/mol. The molecule has 2 aliphatic carbocycles. The highest BCUT2D eigenvalue weighted by molar-refractivity contribution is 9.10. The minimum absolute atomic E-state index is 0.185. The molecule has 3 aliphatic rings. The van der Waals surface area contributed by atoms with E-state index in [1.165, 1.54) is 12.8 Å². The monoisotopic (exact) mass is 611 g/mol. The summed E-state index contributed by atoms with van der Waals surface area (Å²) >= 11 is 3.40. The third-order valence-electron chi connectivity index (χ3n) is 8.34. The van der Waals surface area contributed by atoms with Crippen molar-refractivity contribution in [1.29, 1.82) is 0 Å². The first-order valence-corrected chi connectivity index (χ1v) is 15.3. The highest BCUT2D eigenvalue weighted by atomic mass is 79.9. The smallest absolute Gasteiger partial charge is 0.365 e. The standard InChI is InChI=1S/C28H38BrN9O2/c29-18-5-9-21(10-6-18)34-28(39)40-37-15-13-22(14-16-37)32-25-24-26(38(17-31-24)23-3-1-2-4-23)36-27(35-25)33-20-11-7-19(30)8-12-20/h5-6,9-10,17,19-20,22-23H,1-4,7-8,11-16,30H2,(H,34,39)(H2,32,33,35,36)/t19-,20-. The number of aromatic nitrogens is 4. The van der Waals surface area contributed by atoms with Crippen LogP contribution in [-0.2, 0) is 4.84 Å². The van der Waals surface area contributed by atoms with Crippen LogP contribution < -0.4 is 21.7 Å². The van der Waals surface area contributed by atoms with Gasteiger partial charge in [-0.25, -0.2) is 9.78 Å². The van der Waals surface area contributed by atoms with E-state index in [0.717, 1.165) is 72.8 Å². The van der Waals surface area contributed by atoms with E-state index in [4.69, 9.17) is 25.5 Å². The first-order valence-electron chi connectivity index (χ1n) is 14.5. The molecule has 3 aromatic rings. The number of carbonyl (C=O) groups is 1. The normalized spacial score (nSPS) is 22.9. The number of rotatable bonds is 7. The topological polar surface area (TPSA) is 135 Å². The van der Waals surface area contributed by atoms with Crippen LogP contribution in [0.4, 0.5) is 22.2 Å². The van der Waals surface area contributed by atoms with Gasteiger partial charge in [-0.15, -0.1) is 5.06 Å². The van der Waals surface area contributed by atoms with Crippen molar-refractivity contribution >= 4 is 50.6 Å². The zero-order valence-corrected chi connectivity index (χ0v) is 24.3. The lowest BCUT2D eigenvalue weighted by Crippen LogP contribution is -2.41. The van der Waals surface area contributed by atoms with Crippen molar-refractivity contribution in [2.24, 2.45) is 5.73 Å². The van der Waals surface area contributed by atoms with Crippen LogP contribution >= 0.6 is 15.9 Å². The van der Waals surface area contributed by atoms with Gasteiger partial charge in [0.15, 0.2) is 17.0 Å². The number of piperidine rings is 1. The Morgan fingerprint density at radius 3 is 2.35 bits per heavy atom. The fourth-order valence-corrected chi connectivity index (χ4v) is 6.32. The summed E-state index contributed by atoms with van der Waals surface area (Å²) in [7, 11) is 0. The molecule has 5 N–H and O–H groups in total. The lowest BCUT2D eigenvalue weighted by Gasteiger charge is -2.31.